The predicted octanol–water partition coefficient (Wildman–Crippen LogP) is 4.07. The van der Waals surface area contributed by atoms with Crippen LogP contribution in [0.4, 0.5) is 17.3 Å². The monoisotopic (exact) mass is 506 g/mol. The molecule has 1 aliphatic heterocycles. The first kappa shape index (κ1) is 24.1. The highest BCUT2D eigenvalue weighted by atomic mass is 32.2. The Labute approximate surface area is 211 Å². The van der Waals surface area contributed by atoms with Crippen LogP contribution in [0.5, 0.6) is 5.75 Å². The molecule has 3 heterocycles. The summed E-state index contributed by atoms with van der Waals surface area (Å²) < 4.78 is 32.5. The predicted molar refractivity (Wildman–Crippen MR) is 141 cm³/mol. The maximum absolute atomic E-state index is 13.4. The van der Waals surface area contributed by atoms with Crippen molar-refractivity contribution in [2.45, 2.75) is 28.8 Å². The van der Waals surface area contributed by atoms with Crippen LogP contribution in [0.15, 0.2) is 70.7 Å². The Morgan fingerprint density at radius 3 is 2.50 bits per heavy atom. The van der Waals surface area contributed by atoms with E-state index in [-0.39, 0.29) is 15.9 Å². The van der Waals surface area contributed by atoms with Crippen molar-refractivity contribution in [2.75, 3.05) is 44.5 Å². The highest BCUT2D eigenvalue weighted by Crippen LogP contribution is 2.34. The van der Waals surface area contributed by atoms with Gasteiger partial charge >= 0.3 is 0 Å². The molecule has 5 rings (SSSR count). The van der Waals surface area contributed by atoms with Crippen LogP contribution in [-0.2, 0) is 9.84 Å². The number of nitrogens with zero attached hydrogens (tertiary/aromatic N) is 4. The molecule has 2 N–H and O–H groups in total. The molecule has 36 heavy (non-hydrogen) atoms. The van der Waals surface area contributed by atoms with E-state index in [2.05, 4.69) is 44.2 Å². The zero-order valence-electron chi connectivity index (χ0n) is 20.6. The molecule has 0 amide bonds. The first-order valence-electron chi connectivity index (χ1n) is 11.9. The van der Waals surface area contributed by atoms with E-state index in [0.29, 0.717) is 28.5 Å². The summed E-state index contributed by atoms with van der Waals surface area (Å²) in [5, 5.41) is 3.55. The summed E-state index contributed by atoms with van der Waals surface area (Å²) in [6, 6.07) is 16.5. The number of H-pyrrole nitrogens is 1. The van der Waals surface area contributed by atoms with Gasteiger partial charge in [0, 0.05) is 37.1 Å². The molecule has 0 saturated carbocycles. The van der Waals surface area contributed by atoms with Crippen molar-refractivity contribution in [1.82, 2.24) is 19.9 Å². The Hall–Kier alpha value is -3.63. The third kappa shape index (κ3) is 4.61. The highest BCUT2D eigenvalue weighted by Gasteiger charge is 2.25. The summed E-state index contributed by atoms with van der Waals surface area (Å²) >= 11 is 0. The molecule has 0 aliphatic carbocycles. The van der Waals surface area contributed by atoms with E-state index in [0.717, 1.165) is 31.6 Å². The van der Waals surface area contributed by atoms with Crippen molar-refractivity contribution in [2.24, 2.45) is 0 Å². The van der Waals surface area contributed by atoms with Crippen LogP contribution in [0.2, 0.25) is 0 Å². The van der Waals surface area contributed by atoms with Crippen LogP contribution in [0.3, 0.4) is 0 Å². The third-order valence-electron chi connectivity index (χ3n) is 6.68. The molecule has 1 fully saturated rings. The largest absolute Gasteiger partial charge is 0.494 e. The fraction of sp³-hybridized carbons (Fsp3) is 0.308. The lowest BCUT2D eigenvalue weighted by Gasteiger charge is -2.36. The standard InChI is InChI=1S/C26H30N6O3S/c1-31(2)18-12-15-32(16-13-18)19-9-10-22(23(17-19)35-3)28-26-29-24-21(11-14-27-24)25(30-26)36(33,34)20-7-5-4-6-8-20/h4-11,14,17-18H,12-13,15-16H2,1-3H3,(H2,27,28,29,30). The molecular weight excluding hydrogens is 476 g/mol. The molecule has 4 aromatic rings. The summed E-state index contributed by atoms with van der Waals surface area (Å²) in [6.45, 7) is 1.96. The number of methoxy groups -OCH3 is 1. The van der Waals surface area contributed by atoms with Crippen molar-refractivity contribution in [3.63, 3.8) is 0 Å². The topological polar surface area (TPSA) is 103 Å². The van der Waals surface area contributed by atoms with Crippen molar-refractivity contribution in [3.05, 3.63) is 60.8 Å². The fourth-order valence-electron chi connectivity index (χ4n) is 4.63. The number of sulfone groups is 1. The second-order valence-corrected chi connectivity index (χ2v) is 11.0. The number of aromatic nitrogens is 3. The van der Waals surface area contributed by atoms with E-state index in [4.69, 9.17) is 4.74 Å². The number of rotatable bonds is 7. The molecule has 0 radical (unpaired) electrons. The molecule has 0 unspecified atom stereocenters. The Morgan fingerprint density at radius 1 is 1.06 bits per heavy atom. The van der Waals surface area contributed by atoms with Gasteiger partial charge in [0.1, 0.15) is 11.4 Å². The molecule has 0 bridgehead atoms. The zero-order valence-corrected chi connectivity index (χ0v) is 21.4. The molecule has 0 atom stereocenters. The lowest BCUT2D eigenvalue weighted by atomic mass is 10.0. The van der Waals surface area contributed by atoms with Gasteiger partial charge in [-0.2, -0.15) is 9.97 Å². The van der Waals surface area contributed by atoms with Crippen LogP contribution in [0.1, 0.15) is 12.8 Å². The van der Waals surface area contributed by atoms with Crippen molar-refractivity contribution >= 4 is 38.2 Å². The summed E-state index contributed by atoms with van der Waals surface area (Å²) in [6.07, 6.45) is 3.87. The van der Waals surface area contributed by atoms with Gasteiger partial charge in [-0.1, -0.05) is 18.2 Å². The minimum atomic E-state index is -3.85. The minimum absolute atomic E-state index is 0.0539. The van der Waals surface area contributed by atoms with Crippen LogP contribution in [-0.4, -0.2) is 68.6 Å². The summed E-state index contributed by atoms with van der Waals surface area (Å²) in [4.78, 5) is 16.8. The maximum Gasteiger partial charge on any atom is 0.230 e. The number of piperidine rings is 1. The number of ether oxygens (including phenoxy) is 1. The lowest BCUT2D eigenvalue weighted by Crippen LogP contribution is -2.41. The third-order valence-corrected chi connectivity index (χ3v) is 8.39. The Balaban J connectivity index is 1.45. The highest BCUT2D eigenvalue weighted by molar-refractivity contribution is 7.91. The van der Waals surface area contributed by atoms with E-state index >= 15 is 0 Å². The van der Waals surface area contributed by atoms with Crippen molar-refractivity contribution in [3.8, 4) is 5.75 Å². The number of hydrogen-bond donors (Lipinski definition) is 2. The molecule has 2 aromatic carbocycles. The molecule has 1 saturated heterocycles. The minimum Gasteiger partial charge on any atom is -0.494 e. The number of nitrogens with one attached hydrogen (secondary N) is 2. The van der Waals surface area contributed by atoms with Gasteiger partial charge in [-0.25, -0.2) is 8.42 Å². The molecule has 1 aliphatic rings. The summed E-state index contributed by atoms with van der Waals surface area (Å²) in [5.74, 6) is 0.794. The summed E-state index contributed by atoms with van der Waals surface area (Å²) in [7, 11) is 2.03. The first-order valence-corrected chi connectivity index (χ1v) is 13.4. The van der Waals surface area contributed by atoms with E-state index in [1.807, 2.05) is 18.2 Å². The van der Waals surface area contributed by atoms with Gasteiger partial charge in [-0.05, 0) is 57.3 Å². The Morgan fingerprint density at radius 2 is 1.81 bits per heavy atom. The van der Waals surface area contributed by atoms with E-state index in [1.165, 1.54) is 0 Å². The molecule has 0 spiro atoms. The number of fused-ring (bicyclic) bond motifs is 1. The number of aromatic amines is 1. The number of anilines is 3. The fourth-order valence-corrected chi connectivity index (χ4v) is 6.03. The second-order valence-electron chi connectivity index (χ2n) is 9.10. The maximum atomic E-state index is 13.4. The van der Waals surface area contributed by atoms with Gasteiger partial charge in [-0.3, -0.25) is 0 Å². The van der Waals surface area contributed by atoms with Crippen molar-refractivity contribution in [1.29, 1.82) is 0 Å². The second kappa shape index (κ2) is 9.79. The molecule has 10 heteroatoms. The molecule has 9 nitrogen and oxygen atoms in total. The van der Waals surface area contributed by atoms with Crippen LogP contribution >= 0.6 is 0 Å². The van der Waals surface area contributed by atoms with Gasteiger partial charge in [0.15, 0.2) is 5.03 Å². The first-order chi connectivity index (χ1) is 17.4. The number of hydrogen-bond acceptors (Lipinski definition) is 8. The number of benzene rings is 2. The lowest BCUT2D eigenvalue weighted by molar-refractivity contribution is 0.249. The van der Waals surface area contributed by atoms with Gasteiger partial charge in [-0.15, -0.1) is 0 Å². The average Bonchev–Trinajstić information content (AvgIpc) is 3.37. The molecule has 188 valence electrons. The molecule has 2 aromatic heterocycles. The Kier molecular flexibility index (Phi) is 6.55. The van der Waals surface area contributed by atoms with Crippen LogP contribution in [0.25, 0.3) is 11.0 Å². The van der Waals surface area contributed by atoms with Gasteiger partial charge in [0.2, 0.25) is 15.8 Å². The van der Waals surface area contributed by atoms with E-state index in [1.54, 1.807) is 49.7 Å². The van der Waals surface area contributed by atoms with Gasteiger partial charge < -0.3 is 24.8 Å². The smallest absolute Gasteiger partial charge is 0.230 e. The zero-order chi connectivity index (χ0) is 25.3. The Bertz CT molecular complexity index is 1460. The SMILES string of the molecule is COc1cc(N2CCC(N(C)C)CC2)ccc1Nc1nc(S(=O)(=O)c2ccccc2)c2cc[nH]c2n1. The quantitative estimate of drug-likeness (QED) is 0.362. The van der Waals surface area contributed by atoms with Crippen LogP contribution < -0.4 is 15.0 Å². The van der Waals surface area contributed by atoms with Crippen molar-refractivity contribution < 1.29 is 13.2 Å². The van der Waals surface area contributed by atoms with E-state index < -0.39 is 9.84 Å². The van der Waals surface area contributed by atoms with Gasteiger partial charge in [0.05, 0.1) is 23.1 Å². The van der Waals surface area contributed by atoms with Crippen LogP contribution in [0, 0.1) is 0 Å². The summed E-state index contributed by atoms with van der Waals surface area (Å²) in [5.41, 5.74) is 2.17. The average molecular weight is 507 g/mol. The normalized spacial score (nSPS) is 14.9. The van der Waals surface area contributed by atoms with E-state index in [9.17, 15) is 8.42 Å². The molecular formula is C26H30N6O3S. The van der Waals surface area contributed by atoms with Gasteiger partial charge in [0.25, 0.3) is 0 Å².